The number of anilines is 1. The first-order valence-electron chi connectivity index (χ1n) is 10.5. The zero-order valence-electron chi connectivity index (χ0n) is 18.7. The van der Waals surface area contributed by atoms with Crippen molar-refractivity contribution in [2.75, 3.05) is 19.1 Å². The summed E-state index contributed by atoms with van der Waals surface area (Å²) in [5.74, 6) is -3.15. The highest BCUT2D eigenvalue weighted by atomic mass is 19.4. The van der Waals surface area contributed by atoms with Gasteiger partial charge in [0.1, 0.15) is 17.4 Å². The number of benzene rings is 3. The first-order valence-corrected chi connectivity index (χ1v) is 10.5. The number of methoxy groups -OCH3 is 2. The molecule has 3 aromatic carbocycles. The molecule has 0 radical (unpaired) electrons. The van der Waals surface area contributed by atoms with Crippen LogP contribution in [0.5, 0.6) is 11.5 Å². The molecule has 3 aromatic rings. The van der Waals surface area contributed by atoms with Crippen LogP contribution in [0.1, 0.15) is 27.5 Å². The van der Waals surface area contributed by atoms with Crippen LogP contribution in [0.25, 0.3) is 0 Å². The first kappa shape index (κ1) is 24.0. The number of Topliss-reactive ketones (excluding diaryl/α,β-unsaturated/α-hetero) is 2. The monoisotopic (exact) mass is 483 g/mol. The molecular formula is C26H20F3NO5. The van der Waals surface area contributed by atoms with Gasteiger partial charge in [-0.25, -0.2) is 0 Å². The summed E-state index contributed by atoms with van der Waals surface area (Å²) in [6.07, 6.45) is -4.66. The molecular weight excluding hydrogens is 463 g/mol. The molecule has 6 nitrogen and oxygen atoms in total. The van der Waals surface area contributed by atoms with Crippen LogP contribution >= 0.6 is 0 Å². The van der Waals surface area contributed by atoms with E-state index in [2.05, 4.69) is 0 Å². The predicted molar refractivity (Wildman–Crippen MR) is 120 cm³/mol. The number of carbonyl (C=O) groups is 3. The molecule has 0 N–H and O–H groups in total. The number of hydrogen-bond donors (Lipinski definition) is 0. The van der Waals surface area contributed by atoms with E-state index in [1.54, 1.807) is 36.4 Å². The molecule has 1 aliphatic heterocycles. The molecule has 0 aliphatic carbocycles. The molecule has 35 heavy (non-hydrogen) atoms. The third kappa shape index (κ3) is 4.49. The highest BCUT2D eigenvalue weighted by Gasteiger charge is 2.52. The molecule has 0 spiro atoms. The standard InChI is InChI=1S/C26H20F3NO5/c1-34-19-10-6-15(7-11-19)22-21(23(31)16-8-12-20(35-2)13-9-16)24(32)25(33)30(22)18-5-3-4-17(14-18)26(27,28)29/h3-14,21-22H,1-2H3. The van der Waals surface area contributed by atoms with Gasteiger partial charge in [-0.2, -0.15) is 13.2 Å². The lowest BCUT2D eigenvalue weighted by atomic mass is 9.86. The number of hydrogen-bond acceptors (Lipinski definition) is 5. The van der Waals surface area contributed by atoms with E-state index < -0.39 is 41.2 Å². The quantitative estimate of drug-likeness (QED) is 0.284. The zero-order chi connectivity index (χ0) is 25.3. The third-order valence-corrected chi connectivity index (χ3v) is 5.87. The van der Waals surface area contributed by atoms with Gasteiger partial charge in [-0.1, -0.05) is 18.2 Å². The molecule has 0 bridgehead atoms. The van der Waals surface area contributed by atoms with Gasteiger partial charge < -0.3 is 9.47 Å². The second kappa shape index (κ2) is 9.25. The van der Waals surface area contributed by atoms with Gasteiger partial charge >= 0.3 is 6.18 Å². The number of ether oxygens (including phenoxy) is 2. The van der Waals surface area contributed by atoms with E-state index in [0.29, 0.717) is 17.1 Å². The van der Waals surface area contributed by atoms with Crippen molar-refractivity contribution in [3.63, 3.8) is 0 Å². The Bertz CT molecular complexity index is 1270. The van der Waals surface area contributed by atoms with Gasteiger partial charge in [0.05, 0.1) is 25.8 Å². The number of alkyl halides is 3. The Morgan fingerprint density at radius 2 is 1.43 bits per heavy atom. The lowest BCUT2D eigenvalue weighted by Gasteiger charge is -2.28. The number of nitrogens with zero attached hydrogens (tertiary/aromatic N) is 1. The number of amides is 1. The molecule has 9 heteroatoms. The molecule has 2 unspecified atom stereocenters. The van der Waals surface area contributed by atoms with Crippen molar-refractivity contribution in [3.8, 4) is 11.5 Å². The summed E-state index contributed by atoms with van der Waals surface area (Å²) in [6, 6.07) is 15.3. The molecule has 4 rings (SSSR count). The summed E-state index contributed by atoms with van der Waals surface area (Å²) >= 11 is 0. The van der Waals surface area contributed by atoms with Crippen molar-refractivity contribution in [2.24, 2.45) is 5.92 Å². The van der Waals surface area contributed by atoms with Crippen molar-refractivity contribution >= 4 is 23.2 Å². The number of rotatable bonds is 6. The fourth-order valence-electron chi connectivity index (χ4n) is 4.12. The van der Waals surface area contributed by atoms with E-state index >= 15 is 0 Å². The Labute approximate surface area is 198 Å². The molecule has 1 aliphatic rings. The minimum atomic E-state index is -4.66. The van der Waals surface area contributed by atoms with Crippen molar-refractivity contribution in [1.29, 1.82) is 0 Å². The lowest BCUT2D eigenvalue weighted by molar-refractivity contribution is -0.137. The van der Waals surface area contributed by atoms with Crippen LogP contribution in [-0.2, 0) is 15.8 Å². The summed E-state index contributed by atoms with van der Waals surface area (Å²) in [7, 11) is 2.92. The maximum absolute atomic E-state index is 13.5. The molecule has 180 valence electrons. The molecule has 1 amide bonds. The van der Waals surface area contributed by atoms with E-state index in [4.69, 9.17) is 9.47 Å². The maximum Gasteiger partial charge on any atom is 0.416 e. The normalized spacial score (nSPS) is 18.0. The largest absolute Gasteiger partial charge is 0.497 e. The highest BCUT2D eigenvalue weighted by molar-refractivity contribution is 6.49. The number of carbonyl (C=O) groups excluding carboxylic acids is 3. The average molecular weight is 483 g/mol. The minimum absolute atomic E-state index is 0.135. The van der Waals surface area contributed by atoms with Crippen molar-refractivity contribution in [3.05, 3.63) is 89.5 Å². The lowest BCUT2D eigenvalue weighted by Crippen LogP contribution is -2.30. The smallest absolute Gasteiger partial charge is 0.416 e. The summed E-state index contributed by atoms with van der Waals surface area (Å²) in [5, 5.41) is 0. The van der Waals surface area contributed by atoms with E-state index in [1.165, 1.54) is 32.4 Å². The second-order valence-corrected chi connectivity index (χ2v) is 7.88. The van der Waals surface area contributed by atoms with Crippen LogP contribution in [0.4, 0.5) is 18.9 Å². The van der Waals surface area contributed by atoms with E-state index in [-0.39, 0.29) is 11.3 Å². The van der Waals surface area contributed by atoms with E-state index in [9.17, 15) is 27.6 Å². The number of halogens is 3. The van der Waals surface area contributed by atoms with Gasteiger partial charge in [0.2, 0.25) is 5.78 Å². The highest BCUT2D eigenvalue weighted by Crippen LogP contribution is 2.43. The summed E-state index contributed by atoms with van der Waals surface area (Å²) in [5.41, 5.74) is -0.548. The molecule has 1 heterocycles. The molecule has 2 atom stereocenters. The molecule has 1 saturated heterocycles. The predicted octanol–water partition coefficient (Wildman–Crippen LogP) is 4.88. The third-order valence-electron chi connectivity index (χ3n) is 5.87. The SMILES string of the molecule is COc1ccc(C(=O)C2C(=O)C(=O)N(c3cccc(C(F)(F)F)c3)C2c2ccc(OC)cc2)cc1. The topological polar surface area (TPSA) is 72.9 Å². The fraction of sp³-hybridized carbons (Fsp3) is 0.192. The molecule has 1 fully saturated rings. The van der Waals surface area contributed by atoms with Crippen LogP contribution in [0, 0.1) is 5.92 Å². The summed E-state index contributed by atoms with van der Waals surface area (Å²) < 4.78 is 50.4. The Morgan fingerprint density at radius 1 is 0.857 bits per heavy atom. The van der Waals surface area contributed by atoms with Crippen molar-refractivity contribution in [2.45, 2.75) is 12.2 Å². The first-order chi connectivity index (χ1) is 16.7. The van der Waals surface area contributed by atoms with Gasteiger partial charge in [-0.3, -0.25) is 19.3 Å². The second-order valence-electron chi connectivity index (χ2n) is 7.88. The Balaban J connectivity index is 1.84. The van der Waals surface area contributed by atoms with Gasteiger partial charge in [-0.15, -0.1) is 0 Å². The fourth-order valence-corrected chi connectivity index (χ4v) is 4.12. The van der Waals surface area contributed by atoms with Crippen molar-refractivity contribution in [1.82, 2.24) is 0 Å². The van der Waals surface area contributed by atoms with E-state index in [1.807, 2.05) is 0 Å². The number of ketones is 2. The Hall–Kier alpha value is -4.14. The Morgan fingerprint density at radius 3 is 1.97 bits per heavy atom. The molecule has 0 saturated carbocycles. The summed E-state index contributed by atoms with van der Waals surface area (Å²) in [6.45, 7) is 0. The molecule has 0 aromatic heterocycles. The van der Waals surface area contributed by atoms with Crippen LogP contribution in [0.2, 0.25) is 0 Å². The van der Waals surface area contributed by atoms with Crippen LogP contribution in [0.3, 0.4) is 0 Å². The van der Waals surface area contributed by atoms with Crippen LogP contribution < -0.4 is 14.4 Å². The maximum atomic E-state index is 13.5. The van der Waals surface area contributed by atoms with Crippen molar-refractivity contribution < 1.29 is 37.0 Å². The van der Waals surface area contributed by atoms with Gasteiger partial charge in [0.25, 0.3) is 5.91 Å². The Kier molecular flexibility index (Phi) is 6.34. The van der Waals surface area contributed by atoms with Gasteiger partial charge in [0, 0.05) is 11.3 Å². The van der Waals surface area contributed by atoms with Gasteiger partial charge in [-0.05, 0) is 60.2 Å². The van der Waals surface area contributed by atoms with Crippen LogP contribution in [-0.4, -0.2) is 31.7 Å². The van der Waals surface area contributed by atoms with E-state index in [0.717, 1.165) is 23.1 Å². The van der Waals surface area contributed by atoms with Gasteiger partial charge in [0.15, 0.2) is 5.78 Å². The zero-order valence-corrected chi connectivity index (χ0v) is 18.7. The summed E-state index contributed by atoms with van der Waals surface area (Å²) in [4.78, 5) is 40.7. The average Bonchev–Trinajstić information content (AvgIpc) is 3.13. The minimum Gasteiger partial charge on any atom is -0.497 e. The van der Waals surface area contributed by atoms with Crippen LogP contribution in [0.15, 0.2) is 72.8 Å².